The van der Waals surface area contributed by atoms with Crippen molar-refractivity contribution < 1.29 is 14.7 Å². The molecule has 1 aromatic rings. The van der Waals surface area contributed by atoms with Crippen molar-refractivity contribution in [1.29, 1.82) is 0 Å². The van der Waals surface area contributed by atoms with Gasteiger partial charge in [0.1, 0.15) is 0 Å². The average molecular weight is 255 g/mol. The molecule has 0 saturated carbocycles. The van der Waals surface area contributed by atoms with Crippen LogP contribution in [0.2, 0.25) is 0 Å². The second-order valence-corrected chi connectivity index (χ2v) is 5.15. The summed E-state index contributed by atoms with van der Waals surface area (Å²) in [5.74, 6) is 0.363. The number of Topliss-reactive ketones (excluding diaryl/α,β-unsaturated/α-hetero) is 1. The van der Waals surface area contributed by atoms with E-state index in [-0.39, 0.29) is 11.7 Å². The zero-order chi connectivity index (χ0) is 12.8. The van der Waals surface area contributed by atoms with Gasteiger partial charge < -0.3 is 10.4 Å². The van der Waals surface area contributed by atoms with E-state index in [1.165, 1.54) is 11.3 Å². The van der Waals surface area contributed by atoms with E-state index in [4.69, 9.17) is 5.11 Å². The van der Waals surface area contributed by atoms with Crippen LogP contribution in [0.3, 0.4) is 0 Å². The highest BCUT2D eigenvalue weighted by atomic mass is 32.1. The number of hydrogen-bond donors (Lipinski definition) is 2. The Kier molecular flexibility index (Phi) is 5.15. The fourth-order valence-electron chi connectivity index (χ4n) is 1.55. The Hall–Kier alpha value is -1.36. The van der Waals surface area contributed by atoms with Gasteiger partial charge in [0, 0.05) is 11.4 Å². The first-order valence-corrected chi connectivity index (χ1v) is 6.41. The van der Waals surface area contributed by atoms with Gasteiger partial charge in [0.15, 0.2) is 5.78 Å². The predicted octanol–water partition coefficient (Wildman–Crippen LogP) is 2.79. The first kappa shape index (κ1) is 13.7. The maximum Gasteiger partial charge on any atom is 0.404 e. The minimum atomic E-state index is -0.987. The molecule has 1 atom stereocenters. The molecule has 0 aliphatic rings. The lowest BCUT2D eigenvalue weighted by molar-refractivity contribution is 0.102. The summed E-state index contributed by atoms with van der Waals surface area (Å²) in [6, 6.07) is 3.78. The van der Waals surface area contributed by atoms with Gasteiger partial charge in [0.2, 0.25) is 0 Å². The Balaban J connectivity index is 2.54. The average Bonchev–Trinajstić information content (AvgIpc) is 2.72. The fourth-order valence-corrected chi connectivity index (χ4v) is 2.57. The number of hydrogen-bond acceptors (Lipinski definition) is 3. The number of amides is 1. The van der Waals surface area contributed by atoms with Crippen molar-refractivity contribution >= 4 is 23.2 Å². The zero-order valence-corrected chi connectivity index (χ0v) is 10.8. The molecule has 0 bridgehead atoms. The van der Waals surface area contributed by atoms with Crippen LogP contribution in [0.25, 0.3) is 0 Å². The number of carboxylic acid groups (broad SMARTS) is 1. The third kappa shape index (κ3) is 4.56. The number of thiophene rings is 1. The van der Waals surface area contributed by atoms with Gasteiger partial charge in [-0.2, -0.15) is 0 Å². The number of ketones is 1. The molecule has 2 N–H and O–H groups in total. The smallest absolute Gasteiger partial charge is 0.404 e. The molecule has 5 heteroatoms. The van der Waals surface area contributed by atoms with Gasteiger partial charge in [-0.3, -0.25) is 4.79 Å². The molecule has 1 amide bonds. The van der Waals surface area contributed by atoms with Gasteiger partial charge in [-0.05, 0) is 31.4 Å². The molecule has 1 aromatic heterocycles. The lowest BCUT2D eigenvalue weighted by atomic mass is 10.0. The highest BCUT2D eigenvalue weighted by Gasteiger charge is 2.11. The van der Waals surface area contributed by atoms with Crippen LogP contribution in [0, 0.1) is 5.92 Å². The number of carbonyl (C=O) groups excluding carboxylic acids is 1. The molecular formula is C12H17NO3S. The molecule has 17 heavy (non-hydrogen) atoms. The van der Waals surface area contributed by atoms with Gasteiger partial charge in [-0.25, -0.2) is 4.79 Å². The van der Waals surface area contributed by atoms with Gasteiger partial charge in [0.25, 0.3) is 0 Å². The summed E-state index contributed by atoms with van der Waals surface area (Å²) in [6.07, 6.45) is 0.738. The standard InChI is InChI=1S/C12H17NO3S/c1-3-9(7-13-12(15)16)6-10-4-5-11(17-10)8(2)14/h4-5,9,13H,3,6-7H2,1-2H3,(H,15,16). The van der Waals surface area contributed by atoms with Crippen LogP contribution in [-0.2, 0) is 6.42 Å². The van der Waals surface area contributed by atoms with E-state index in [1.54, 1.807) is 6.92 Å². The van der Waals surface area contributed by atoms with Crippen LogP contribution < -0.4 is 5.32 Å². The van der Waals surface area contributed by atoms with Crippen LogP contribution in [0.1, 0.15) is 34.8 Å². The van der Waals surface area contributed by atoms with Gasteiger partial charge in [-0.1, -0.05) is 13.3 Å². The molecule has 0 aliphatic heterocycles. The van der Waals surface area contributed by atoms with E-state index >= 15 is 0 Å². The quantitative estimate of drug-likeness (QED) is 0.768. The van der Waals surface area contributed by atoms with Gasteiger partial charge in [0.05, 0.1) is 4.88 Å². The van der Waals surface area contributed by atoms with Crippen LogP contribution in [-0.4, -0.2) is 23.5 Å². The summed E-state index contributed by atoms with van der Waals surface area (Å²) in [6.45, 7) is 4.05. The fraction of sp³-hybridized carbons (Fsp3) is 0.500. The third-order valence-corrected chi connectivity index (χ3v) is 3.83. The van der Waals surface area contributed by atoms with Gasteiger partial charge in [-0.15, -0.1) is 11.3 Å². The molecule has 1 unspecified atom stereocenters. The number of nitrogens with one attached hydrogen (secondary N) is 1. The van der Waals surface area contributed by atoms with Crippen LogP contribution in [0.5, 0.6) is 0 Å². The summed E-state index contributed by atoms with van der Waals surface area (Å²) in [7, 11) is 0. The minimum Gasteiger partial charge on any atom is -0.465 e. The monoisotopic (exact) mass is 255 g/mol. The highest BCUT2D eigenvalue weighted by molar-refractivity contribution is 7.14. The molecular weight excluding hydrogens is 238 g/mol. The van der Waals surface area contributed by atoms with Crippen molar-refractivity contribution in [3.05, 3.63) is 21.9 Å². The Labute approximate surface area is 105 Å². The summed E-state index contributed by atoms with van der Waals surface area (Å²) < 4.78 is 0. The molecule has 1 rings (SSSR count). The molecule has 0 saturated heterocycles. The van der Waals surface area contributed by atoms with Crippen LogP contribution >= 0.6 is 11.3 Å². The van der Waals surface area contributed by atoms with E-state index in [2.05, 4.69) is 5.32 Å². The lowest BCUT2D eigenvalue weighted by Crippen LogP contribution is -2.28. The van der Waals surface area contributed by atoms with Gasteiger partial charge >= 0.3 is 6.09 Å². The Bertz CT molecular complexity index is 400. The maximum atomic E-state index is 11.1. The molecule has 0 spiro atoms. The van der Waals surface area contributed by atoms with Crippen molar-refractivity contribution in [2.24, 2.45) is 5.92 Å². The van der Waals surface area contributed by atoms with E-state index in [1.807, 2.05) is 19.1 Å². The Morgan fingerprint density at radius 2 is 2.18 bits per heavy atom. The SMILES string of the molecule is CCC(CNC(=O)O)Cc1ccc(C(C)=O)s1. The molecule has 4 nitrogen and oxygen atoms in total. The molecule has 0 radical (unpaired) electrons. The van der Waals surface area contributed by atoms with Crippen molar-refractivity contribution in [2.45, 2.75) is 26.7 Å². The van der Waals surface area contributed by atoms with Crippen molar-refractivity contribution in [3.63, 3.8) is 0 Å². The van der Waals surface area contributed by atoms with Crippen molar-refractivity contribution in [3.8, 4) is 0 Å². The van der Waals surface area contributed by atoms with Crippen molar-refractivity contribution in [2.75, 3.05) is 6.54 Å². The van der Waals surface area contributed by atoms with Crippen molar-refractivity contribution in [1.82, 2.24) is 5.32 Å². The topological polar surface area (TPSA) is 66.4 Å². The summed E-state index contributed by atoms with van der Waals surface area (Å²) in [5, 5.41) is 10.9. The molecule has 0 aromatic carbocycles. The zero-order valence-electron chi connectivity index (χ0n) is 10.0. The van der Waals surface area contributed by atoms with E-state index in [0.29, 0.717) is 6.54 Å². The first-order valence-electron chi connectivity index (χ1n) is 5.59. The summed E-state index contributed by atoms with van der Waals surface area (Å²) >= 11 is 1.49. The van der Waals surface area contributed by atoms with E-state index in [9.17, 15) is 9.59 Å². The lowest BCUT2D eigenvalue weighted by Gasteiger charge is -2.13. The predicted molar refractivity (Wildman–Crippen MR) is 67.8 cm³/mol. The second-order valence-electron chi connectivity index (χ2n) is 3.99. The van der Waals surface area contributed by atoms with E-state index < -0.39 is 6.09 Å². The molecule has 1 heterocycles. The summed E-state index contributed by atoms with van der Waals surface area (Å²) in [5.41, 5.74) is 0. The van der Waals surface area contributed by atoms with Crippen LogP contribution in [0.4, 0.5) is 4.79 Å². The maximum absolute atomic E-state index is 11.1. The molecule has 0 fully saturated rings. The van der Waals surface area contributed by atoms with E-state index in [0.717, 1.165) is 22.6 Å². The Morgan fingerprint density at radius 1 is 1.47 bits per heavy atom. The minimum absolute atomic E-state index is 0.0814. The third-order valence-electron chi connectivity index (χ3n) is 2.62. The molecule has 0 aliphatic carbocycles. The molecule has 94 valence electrons. The normalized spacial score (nSPS) is 12.1. The number of rotatable bonds is 6. The number of carbonyl (C=O) groups is 2. The Morgan fingerprint density at radius 3 is 2.65 bits per heavy atom. The van der Waals surface area contributed by atoms with Crippen LogP contribution in [0.15, 0.2) is 12.1 Å². The summed E-state index contributed by atoms with van der Waals surface area (Å²) in [4.78, 5) is 23.5. The second kappa shape index (κ2) is 6.39. The first-order chi connectivity index (χ1) is 8.02. The largest absolute Gasteiger partial charge is 0.465 e. The highest BCUT2D eigenvalue weighted by Crippen LogP contribution is 2.21.